The third kappa shape index (κ3) is 2.91. The molecule has 1 amide bonds. The molecule has 0 aliphatic carbocycles. The molecule has 3 rings (SSSR count). The summed E-state index contributed by atoms with van der Waals surface area (Å²) in [6.45, 7) is 5.77. The van der Waals surface area contributed by atoms with Gasteiger partial charge in [-0.3, -0.25) is 4.79 Å². The van der Waals surface area contributed by atoms with Crippen molar-refractivity contribution in [2.45, 2.75) is 46.2 Å². The van der Waals surface area contributed by atoms with Gasteiger partial charge in [0.2, 0.25) is 0 Å². The van der Waals surface area contributed by atoms with E-state index in [4.69, 9.17) is 0 Å². The zero-order chi connectivity index (χ0) is 15.7. The Balaban J connectivity index is 1.76. The Morgan fingerprint density at radius 3 is 2.91 bits per heavy atom. The van der Waals surface area contributed by atoms with Gasteiger partial charge in [0.15, 0.2) is 0 Å². The average Bonchev–Trinajstić information content (AvgIpc) is 2.94. The maximum atomic E-state index is 12.6. The van der Waals surface area contributed by atoms with Crippen molar-refractivity contribution in [3.8, 4) is 0 Å². The fourth-order valence-electron chi connectivity index (χ4n) is 3.01. The Hall–Kier alpha value is -2.10. The molecule has 1 aliphatic heterocycles. The van der Waals surface area contributed by atoms with E-state index < -0.39 is 0 Å². The van der Waals surface area contributed by atoms with E-state index in [1.807, 2.05) is 13.2 Å². The Labute approximate surface area is 131 Å². The van der Waals surface area contributed by atoms with Gasteiger partial charge in [-0.15, -0.1) is 0 Å². The number of aryl methyl sites for hydroxylation is 4. The van der Waals surface area contributed by atoms with E-state index in [-0.39, 0.29) is 5.91 Å². The molecule has 1 aliphatic rings. The van der Waals surface area contributed by atoms with Gasteiger partial charge in [0.25, 0.3) is 5.91 Å². The Bertz CT molecular complexity index is 679. The molecule has 0 radical (unpaired) electrons. The summed E-state index contributed by atoms with van der Waals surface area (Å²) >= 11 is 0. The molecule has 0 bridgehead atoms. The first kappa shape index (κ1) is 14.8. The second kappa shape index (κ2) is 5.95. The fourth-order valence-corrected chi connectivity index (χ4v) is 3.01. The average molecular weight is 297 g/mol. The summed E-state index contributed by atoms with van der Waals surface area (Å²) in [5, 5.41) is 0. The topological polar surface area (TPSA) is 38.1 Å². The number of rotatable bonds is 3. The molecule has 4 heteroatoms. The largest absolute Gasteiger partial charge is 0.336 e. The molecule has 0 spiro atoms. The summed E-state index contributed by atoms with van der Waals surface area (Å²) in [5.74, 6) is 1.05. The van der Waals surface area contributed by atoms with Crippen LogP contribution in [-0.2, 0) is 19.5 Å². The number of nitrogens with zero attached hydrogens (tertiary/aromatic N) is 3. The summed E-state index contributed by atoms with van der Waals surface area (Å²) < 4.78 is 2.13. The molecule has 0 unspecified atom stereocenters. The quantitative estimate of drug-likeness (QED) is 0.873. The second-order valence-electron chi connectivity index (χ2n) is 6.28. The number of carbonyl (C=O) groups excluding carboxylic acids is 1. The lowest BCUT2D eigenvalue weighted by Crippen LogP contribution is -2.27. The van der Waals surface area contributed by atoms with Gasteiger partial charge in [-0.05, 0) is 37.8 Å². The number of carbonyl (C=O) groups is 1. The smallest absolute Gasteiger partial charge is 0.274 e. The van der Waals surface area contributed by atoms with Crippen LogP contribution in [0.4, 0.5) is 0 Å². The summed E-state index contributed by atoms with van der Waals surface area (Å²) in [4.78, 5) is 18.9. The predicted molar refractivity (Wildman–Crippen MR) is 86.9 cm³/mol. The Morgan fingerprint density at radius 1 is 1.32 bits per heavy atom. The summed E-state index contributed by atoms with van der Waals surface area (Å²) in [5.41, 5.74) is 4.21. The van der Waals surface area contributed by atoms with Crippen molar-refractivity contribution in [1.29, 1.82) is 0 Å². The molecule has 1 aromatic heterocycles. The van der Waals surface area contributed by atoms with E-state index in [2.05, 4.69) is 41.6 Å². The standard InChI is InChI=1S/C18H23N3O/c1-13-7-8-14(2)15(10-13)11-20(3)18(22)16-12-21-9-5-4-6-17(21)19-16/h7-8,10,12H,4-6,9,11H2,1-3H3. The van der Waals surface area contributed by atoms with Crippen LogP contribution < -0.4 is 0 Å². The van der Waals surface area contributed by atoms with Crippen LogP contribution in [0.25, 0.3) is 0 Å². The number of benzene rings is 1. The van der Waals surface area contributed by atoms with Gasteiger partial charge in [0.1, 0.15) is 11.5 Å². The van der Waals surface area contributed by atoms with E-state index in [1.54, 1.807) is 4.90 Å². The predicted octanol–water partition coefficient (Wildman–Crippen LogP) is 3.11. The van der Waals surface area contributed by atoms with Crippen molar-refractivity contribution in [3.63, 3.8) is 0 Å². The van der Waals surface area contributed by atoms with E-state index in [0.717, 1.165) is 18.8 Å². The first-order valence-electron chi connectivity index (χ1n) is 7.92. The molecule has 2 aromatic rings. The van der Waals surface area contributed by atoms with Crippen LogP contribution in [0.5, 0.6) is 0 Å². The number of hydrogen-bond donors (Lipinski definition) is 0. The molecule has 116 valence electrons. The minimum Gasteiger partial charge on any atom is -0.336 e. The third-order valence-corrected chi connectivity index (χ3v) is 4.39. The number of hydrogen-bond acceptors (Lipinski definition) is 2. The van der Waals surface area contributed by atoms with Crippen molar-refractivity contribution in [3.05, 3.63) is 52.6 Å². The first-order valence-corrected chi connectivity index (χ1v) is 7.92. The summed E-state index contributed by atoms with van der Waals surface area (Å²) in [6, 6.07) is 6.36. The SMILES string of the molecule is Cc1ccc(C)c(CN(C)C(=O)c2cn3c(n2)CCCC3)c1. The molecular weight excluding hydrogens is 274 g/mol. The highest BCUT2D eigenvalue weighted by Crippen LogP contribution is 2.17. The maximum absolute atomic E-state index is 12.6. The normalized spacial score (nSPS) is 13.8. The van der Waals surface area contributed by atoms with Gasteiger partial charge in [-0.2, -0.15) is 0 Å². The summed E-state index contributed by atoms with van der Waals surface area (Å²) in [6.07, 6.45) is 5.24. The lowest BCUT2D eigenvalue weighted by molar-refractivity contribution is 0.0779. The van der Waals surface area contributed by atoms with Gasteiger partial charge >= 0.3 is 0 Å². The third-order valence-electron chi connectivity index (χ3n) is 4.39. The number of fused-ring (bicyclic) bond motifs is 1. The lowest BCUT2D eigenvalue weighted by Gasteiger charge is -2.18. The van der Waals surface area contributed by atoms with Crippen LogP contribution in [0.2, 0.25) is 0 Å². The summed E-state index contributed by atoms with van der Waals surface area (Å²) in [7, 11) is 1.85. The van der Waals surface area contributed by atoms with Gasteiger partial charge < -0.3 is 9.47 Å². The number of amides is 1. The molecule has 1 aromatic carbocycles. The van der Waals surface area contributed by atoms with Crippen LogP contribution in [0.3, 0.4) is 0 Å². The molecule has 0 fully saturated rings. The molecule has 0 N–H and O–H groups in total. The number of aromatic nitrogens is 2. The van der Waals surface area contributed by atoms with Gasteiger partial charge in [0.05, 0.1) is 0 Å². The molecule has 22 heavy (non-hydrogen) atoms. The molecule has 4 nitrogen and oxygen atoms in total. The lowest BCUT2D eigenvalue weighted by atomic mass is 10.1. The van der Waals surface area contributed by atoms with Crippen molar-refractivity contribution < 1.29 is 4.79 Å². The van der Waals surface area contributed by atoms with E-state index in [9.17, 15) is 4.79 Å². The van der Waals surface area contributed by atoms with Crippen LogP contribution in [0.15, 0.2) is 24.4 Å². The zero-order valence-electron chi connectivity index (χ0n) is 13.6. The van der Waals surface area contributed by atoms with Gasteiger partial charge in [-0.25, -0.2) is 4.98 Å². The highest BCUT2D eigenvalue weighted by molar-refractivity contribution is 5.92. The number of imidazole rings is 1. The fraction of sp³-hybridized carbons (Fsp3) is 0.444. The second-order valence-corrected chi connectivity index (χ2v) is 6.28. The van der Waals surface area contributed by atoms with E-state index in [0.29, 0.717) is 12.2 Å². The van der Waals surface area contributed by atoms with Crippen molar-refractivity contribution in [2.24, 2.45) is 0 Å². The highest BCUT2D eigenvalue weighted by atomic mass is 16.2. The minimum absolute atomic E-state index is 0.00260. The van der Waals surface area contributed by atoms with Crippen molar-refractivity contribution in [2.75, 3.05) is 7.05 Å². The van der Waals surface area contributed by atoms with Crippen LogP contribution in [0.1, 0.15) is 45.8 Å². The maximum Gasteiger partial charge on any atom is 0.274 e. The Kier molecular flexibility index (Phi) is 4.01. The first-order chi connectivity index (χ1) is 10.5. The molecular formula is C18H23N3O. The minimum atomic E-state index is 0.00260. The van der Waals surface area contributed by atoms with Gasteiger partial charge in [0, 0.05) is 32.8 Å². The molecule has 2 heterocycles. The molecule has 0 saturated heterocycles. The van der Waals surface area contributed by atoms with Crippen LogP contribution in [0, 0.1) is 13.8 Å². The van der Waals surface area contributed by atoms with Crippen LogP contribution in [-0.4, -0.2) is 27.4 Å². The van der Waals surface area contributed by atoms with Crippen molar-refractivity contribution in [1.82, 2.24) is 14.5 Å². The van der Waals surface area contributed by atoms with E-state index >= 15 is 0 Å². The van der Waals surface area contributed by atoms with Gasteiger partial charge in [-0.1, -0.05) is 23.8 Å². The highest BCUT2D eigenvalue weighted by Gasteiger charge is 2.20. The van der Waals surface area contributed by atoms with Crippen LogP contribution >= 0.6 is 0 Å². The zero-order valence-corrected chi connectivity index (χ0v) is 13.6. The Morgan fingerprint density at radius 2 is 2.14 bits per heavy atom. The monoisotopic (exact) mass is 297 g/mol. The van der Waals surface area contributed by atoms with Crippen molar-refractivity contribution >= 4 is 5.91 Å². The van der Waals surface area contributed by atoms with E-state index in [1.165, 1.54) is 29.5 Å². The molecule has 0 atom stereocenters. The molecule has 0 saturated carbocycles.